The summed E-state index contributed by atoms with van der Waals surface area (Å²) in [4.78, 5) is 9.24. The third kappa shape index (κ3) is 2.61. The molecule has 26 heavy (non-hydrogen) atoms. The van der Waals surface area contributed by atoms with Gasteiger partial charge < -0.3 is 0 Å². The van der Waals surface area contributed by atoms with Crippen LogP contribution in [-0.4, -0.2) is 26.4 Å². The van der Waals surface area contributed by atoms with Crippen molar-refractivity contribution in [2.24, 2.45) is 4.99 Å². The van der Waals surface area contributed by atoms with Crippen LogP contribution in [0.1, 0.15) is 43.6 Å². The molecule has 1 unspecified atom stereocenters. The van der Waals surface area contributed by atoms with E-state index in [0.29, 0.717) is 11.5 Å². The first-order valence-corrected chi connectivity index (χ1v) is 8.96. The summed E-state index contributed by atoms with van der Waals surface area (Å²) in [5.41, 5.74) is 2.34. The van der Waals surface area contributed by atoms with Crippen LogP contribution in [0.15, 0.2) is 39.8 Å². The van der Waals surface area contributed by atoms with Gasteiger partial charge in [-0.2, -0.15) is 0 Å². The van der Waals surface area contributed by atoms with Crippen molar-refractivity contribution in [3.8, 4) is 0 Å². The van der Waals surface area contributed by atoms with E-state index in [9.17, 15) is 8.78 Å². The molecule has 3 aromatic rings. The number of hydrogen-bond acceptors (Lipinski definition) is 4. The molecule has 1 aromatic heterocycles. The first-order chi connectivity index (χ1) is 12.3. The van der Waals surface area contributed by atoms with Gasteiger partial charge in [-0.15, -0.1) is 10.2 Å². The van der Waals surface area contributed by atoms with Crippen LogP contribution >= 0.6 is 15.9 Å². The van der Waals surface area contributed by atoms with E-state index in [0.717, 1.165) is 21.7 Å². The molecule has 0 bridgehead atoms. The summed E-state index contributed by atoms with van der Waals surface area (Å²) in [5.74, 6) is -1.52. The highest BCUT2D eigenvalue weighted by Gasteiger charge is 2.35. The first-order valence-electron chi connectivity index (χ1n) is 8.16. The lowest BCUT2D eigenvalue weighted by atomic mass is 9.78. The number of rotatable bonds is 1. The van der Waals surface area contributed by atoms with Crippen LogP contribution in [-0.2, 0) is 0 Å². The number of aliphatic imine (C=N–C) groups is 1. The molecule has 1 aliphatic heterocycles. The summed E-state index contributed by atoms with van der Waals surface area (Å²) in [7, 11) is 0. The molecular formula is C19H15BrF2N4. The van der Waals surface area contributed by atoms with Crippen LogP contribution in [0.4, 0.5) is 8.78 Å². The predicted molar refractivity (Wildman–Crippen MR) is 99.5 cm³/mol. The van der Waals surface area contributed by atoms with E-state index in [-0.39, 0.29) is 22.5 Å². The Morgan fingerprint density at radius 1 is 1.08 bits per heavy atom. The van der Waals surface area contributed by atoms with Crippen LogP contribution in [0.5, 0.6) is 0 Å². The van der Waals surface area contributed by atoms with Gasteiger partial charge in [0.1, 0.15) is 5.71 Å². The topological polar surface area (TPSA) is 51.0 Å². The Morgan fingerprint density at radius 3 is 2.62 bits per heavy atom. The van der Waals surface area contributed by atoms with Crippen LogP contribution in [0.25, 0.3) is 11.0 Å². The highest BCUT2D eigenvalue weighted by atomic mass is 79.9. The van der Waals surface area contributed by atoms with Crippen molar-refractivity contribution >= 4 is 32.7 Å². The number of benzene rings is 2. The molecular weight excluding hydrogens is 402 g/mol. The maximum atomic E-state index is 13.9. The SMILES string of the molecule is CC1c2cc(Br)ccc2C(c2nnc3c(F)c(F)ccc3n2)=NC1(C)C. The normalized spacial score (nSPS) is 18.5. The van der Waals surface area contributed by atoms with E-state index in [4.69, 9.17) is 4.99 Å². The van der Waals surface area contributed by atoms with Crippen molar-refractivity contribution in [3.63, 3.8) is 0 Å². The Morgan fingerprint density at radius 2 is 1.85 bits per heavy atom. The van der Waals surface area contributed by atoms with Gasteiger partial charge in [0.15, 0.2) is 17.2 Å². The molecule has 0 aliphatic carbocycles. The minimum Gasteiger partial charge on any atom is -0.274 e. The minimum atomic E-state index is -1.04. The van der Waals surface area contributed by atoms with Gasteiger partial charge >= 0.3 is 0 Å². The summed E-state index contributed by atoms with van der Waals surface area (Å²) in [6, 6.07) is 8.40. The summed E-state index contributed by atoms with van der Waals surface area (Å²) in [5, 5.41) is 7.89. The van der Waals surface area contributed by atoms with Gasteiger partial charge in [0.05, 0.1) is 11.1 Å². The molecule has 2 heterocycles. The number of halogens is 3. The van der Waals surface area contributed by atoms with E-state index < -0.39 is 11.6 Å². The molecule has 0 spiro atoms. The van der Waals surface area contributed by atoms with Crippen LogP contribution in [0.2, 0.25) is 0 Å². The minimum absolute atomic E-state index is 0.186. The Labute approximate surface area is 157 Å². The molecule has 0 saturated heterocycles. The van der Waals surface area contributed by atoms with Crippen molar-refractivity contribution < 1.29 is 8.78 Å². The molecule has 7 heteroatoms. The van der Waals surface area contributed by atoms with Gasteiger partial charge in [-0.25, -0.2) is 13.8 Å². The zero-order valence-corrected chi connectivity index (χ0v) is 16.0. The summed E-state index contributed by atoms with van der Waals surface area (Å²) in [6.07, 6.45) is 0. The second-order valence-corrected chi connectivity index (χ2v) is 7.85. The average Bonchev–Trinajstić information content (AvgIpc) is 2.61. The van der Waals surface area contributed by atoms with Crippen molar-refractivity contribution in [1.29, 1.82) is 0 Å². The second kappa shape index (κ2) is 5.87. The highest BCUT2D eigenvalue weighted by molar-refractivity contribution is 9.10. The fraction of sp³-hybridized carbons (Fsp3) is 0.263. The van der Waals surface area contributed by atoms with Gasteiger partial charge in [-0.3, -0.25) is 4.99 Å². The van der Waals surface area contributed by atoms with E-state index in [1.54, 1.807) is 0 Å². The monoisotopic (exact) mass is 416 g/mol. The highest BCUT2D eigenvalue weighted by Crippen LogP contribution is 2.39. The lowest BCUT2D eigenvalue weighted by molar-refractivity contribution is 0.431. The third-order valence-electron chi connectivity index (χ3n) is 4.93. The zero-order valence-electron chi connectivity index (χ0n) is 14.4. The lowest BCUT2D eigenvalue weighted by Crippen LogP contribution is -2.33. The summed E-state index contributed by atoms with van der Waals surface area (Å²) >= 11 is 3.52. The largest absolute Gasteiger partial charge is 0.274 e. The molecule has 0 saturated carbocycles. The maximum Gasteiger partial charge on any atom is 0.201 e. The van der Waals surface area contributed by atoms with Crippen molar-refractivity contribution in [2.75, 3.05) is 0 Å². The van der Waals surface area contributed by atoms with Crippen molar-refractivity contribution in [2.45, 2.75) is 32.2 Å². The van der Waals surface area contributed by atoms with Crippen LogP contribution in [0, 0.1) is 11.6 Å². The summed E-state index contributed by atoms with van der Waals surface area (Å²) < 4.78 is 28.2. The molecule has 0 fully saturated rings. The smallest absolute Gasteiger partial charge is 0.201 e. The fourth-order valence-electron chi connectivity index (χ4n) is 3.15. The van der Waals surface area contributed by atoms with Crippen LogP contribution < -0.4 is 0 Å². The van der Waals surface area contributed by atoms with E-state index in [1.165, 1.54) is 6.07 Å². The second-order valence-electron chi connectivity index (χ2n) is 6.93. The Kier molecular flexibility index (Phi) is 3.87. The van der Waals surface area contributed by atoms with E-state index >= 15 is 0 Å². The average molecular weight is 417 g/mol. The predicted octanol–water partition coefficient (Wildman–Crippen LogP) is 4.80. The third-order valence-corrected chi connectivity index (χ3v) is 5.42. The fourth-order valence-corrected chi connectivity index (χ4v) is 3.53. The molecule has 2 aromatic carbocycles. The van der Waals surface area contributed by atoms with Gasteiger partial charge in [0, 0.05) is 16.0 Å². The molecule has 1 atom stereocenters. The maximum absolute atomic E-state index is 13.9. The van der Waals surface area contributed by atoms with Crippen molar-refractivity contribution in [1.82, 2.24) is 15.2 Å². The number of nitrogens with zero attached hydrogens (tertiary/aromatic N) is 4. The molecule has 1 aliphatic rings. The Bertz CT molecular complexity index is 1080. The van der Waals surface area contributed by atoms with Crippen LogP contribution in [0.3, 0.4) is 0 Å². The quantitative estimate of drug-likeness (QED) is 0.572. The molecule has 4 nitrogen and oxygen atoms in total. The Balaban J connectivity index is 1.95. The van der Waals surface area contributed by atoms with Gasteiger partial charge in [-0.1, -0.05) is 28.9 Å². The number of hydrogen-bond donors (Lipinski definition) is 0. The molecule has 0 N–H and O–H groups in total. The molecule has 0 amide bonds. The first kappa shape index (κ1) is 17.1. The molecule has 4 rings (SSSR count). The Hall–Kier alpha value is -2.28. The van der Waals surface area contributed by atoms with Crippen molar-refractivity contribution in [3.05, 3.63) is 63.4 Å². The van der Waals surface area contributed by atoms with Gasteiger partial charge in [0.25, 0.3) is 0 Å². The van der Waals surface area contributed by atoms with Gasteiger partial charge in [0.2, 0.25) is 5.82 Å². The molecule has 0 radical (unpaired) electrons. The van der Waals surface area contributed by atoms with E-state index in [1.807, 2.05) is 26.0 Å². The van der Waals surface area contributed by atoms with E-state index in [2.05, 4.69) is 44.1 Å². The molecule has 132 valence electrons. The summed E-state index contributed by atoms with van der Waals surface area (Å²) in [6.45, 7) is 6.22. The standard InChI is InChI=1S/C19H15BrF2N4/c1-9-12-8-10(20)4-5-11(12)16(24-19(9,2)3)18-23-14-7-6-13(21)15(22)17(14)25-26-18/h4-9H,1-3H3. The zero-order chi connectivity index (χ0) is 18.6. The number of aromatic nitrogens is 3. The van der Waals surface area contributed by atoms with Gasteiger partial charge in [-0.05, 0) is 43.7 Å². The number of fused-ring (bicyclic) bond motifs is 2. The lowest BCUT2D eigenvalue weighted by Gasteiger charge is -2.35.